The van der Waals surface area contributed by atoms with Gasteiger partial charge in [0.05, 0.1) is 28.0 Å². The zero-order chi connectivity index (χ0) is 24.6. The van der Waals surface area contributed by atoms with Crippen LogP contribution in [0.25, 0.3) is 16.7 Å². The number of alkyl halides is 3. The van der Waals surface area contributed by atoms with Crippen molar-refractivity contribution in [3.63, 3.8) is 0 Å². The Morgan fingerprint density at radius 1 is 0.941 bits per heavy atom. The van der Waals surface area contributed by atoms with Gasteiger partial charge >= 0.3 is 6.18 Å². The molecular weight excluding hydrogens is 459 g/mol. The molecule has 0 saturated carbocycles. The van der Waals surface area contributed by atoms with Gasteiger partial charge in [-0.05, 0) is 42.5 Å². The molecule has 6 nitrogen and oxygen atoms in total. The van der Waals surface area contributed by atoms with E-state index in [0.717, 1.165) is 29.7 Å². The van der Waals surface area contributed by atoms with Crippen molar-refractivity contribution in [1.29, 1.82) is 0 Å². The van der Waals surface area contributed by atoms with Gasteiger partial charge in [0.1, 0.15) is 0 Å². The standard InChI is InChI=1S/C23H15F5N4O2/c1-12(33)29-17-11-13(30-21(34)14-5-4-6-15(24)20(14)25)9-10-19(17)32-18-8-3-2-7-16(18)31-22(32)23(26,27)28/h2-11H,1H3,(H,29,33)(H,30,34). The summed E-state index contributed by atoms with van der Waals surface area (Å²) in [6.45, 7) is 1.16. The smallest absolute Gasteiger partial charge is 0.324 e. The normalized spacial score (nSPS) is 11.5. The second-order valence-corrected chi connectivity index (χ2v) is 7.23. The summed E-state index contributed by atoms with van der Waals surface area (Å²) in [6.07, 6.45) is -4.81. The molecule has 0 unspecified atom stereocenters. The highest BCUT2D eigenvalue weighted by molar-refractivity contribution is 6.05. The van der Waals surface area contributed by atoms with Crippen molar-refractivity contribution in [2.75, 3.05) is 10.6 Å². The lowest BCUT2D eigenvalue weighted by molar-refractivity contribution is -0.145. The molecule has 2 N–H and O–H groups in total. The number of hydrogen-bond donors (Lipinski definition) is 2. The van der Waals surface area contributed by atoms with E-state index in [-0.39, 0.29) is 28.1 Å². The number of halogens is 5. The van der Waals surface area contributed by atoms with E-state index in [1.54, 1.807) is 12.1 Å². The first kappa shape index (κ1) is 22.9. The van der Waals surface area contributed by atoms with Crippen molar-refractivity contribution in [3.05, 3.63) is 83.7 Å². The molecule has 0 atom stereocenters. The number of benzene rings is 3. The number of anilines is 2. The number of imidazole rings is 1. The molecule has 1 heterocycles. The van der Waals surface area contributed by atoms with Crippen LogP contribution in [0.5, 0.6) is 0 Å². The number of para-hydroxylation sites is 2. The summed E-state index contributed by atoms with van der Waals surface area (Å²) < 4.78 is 69.6. The van der Waals surface area contributed by atoms with Crippen LogP contribution in [0, 0.1) is 11.6 Å². The van der Waals surface area contributed by atoms with E-state index >= 15 is 0 Å². The second kappa shape index (κ2) is 8.58. The van der Waals surface area contributed by atoms with Gasteiger partial charge in [0.2, 0.25) is 11.7 Å². The summed E-state index contributed by atoms with van der Waals surface area (Å²) in [5.74, 6) is -5.34. The van der Waals surface area contributed by atoms with E-state index in [2.05, 4.69) is 15.6 Å². The topological polar surface area (TPSA) is 76.0 Å². The molecule has 11 heteroatoms. The highest BCUT2D eigenvalue weighted by Gasteiger charge is 2.38. The lowest BCUT2D eigenvalue weighted by atomic mass is 10.1. The van der Waals surface area contributed by atoms with Crippen molar-refractivity contribution < 1.29 is 31.5 Å². The first-order chi connectivity index (χ1) is 16.1. The minimum atomic E-state index is -4.81. The van der Waals surface area contributed by atoms with Crippen molar-refractivity contribution in [2.45, 2.75) is 13.1 Å². The van der Waals surface area contributed by atoms with Gasteiger partial charge in [0.15, 0.2) is 11.6 Å². The minimum Gasteiger partial charge on any atom is -0.324 e. The number of carbonyl (C=O) groups is 2. The maximum absolute atomic E-state index is 14.0. The van der Waals surface area contributed by atoms with Crippen molar-refractivity contribution in [1.82, 2.24) is 9.55 Å². The van der Waals surface area contributed by atoms with Gasteiger partial charge in [0.25, 0.3) is 5.91 Å². The largest absolute Gasteiger partial charge is 0.450 e. The molecule has 0 fully saturated rings. The third kappa shape index (κ3) is 4.32. The molecule has 0 aliphatic heterocycles. The molecule has 1 aromatic heterocycles. The number of rotatable bonds is 4. The summed E-state index contributed by atoms with van der Waals surface area (Å²) in [4.78, 5) is 27.9. The van der Waals surface area contributed by atoms with Gasteiger partial charge in [-0.25, -0.2) is 13.8 Å². The fourth-order valence-electron chi connectivity index (χ4n) is 3.44. The molecule has 0 aliphatic rings. The van der Waals surface area contributed by atoms with Crippen molar-refractivity contribution in [3.8, 4) is 5.69 Å². The van der Waals surface area contributed by atoms with Crippen LogP contribution in [0.3, 0.4) is 0 Å². The van der Waals surface area contributed by atoms with Crippen LogP contribution in [0.4, 0.5) is 33.3 Å². The molecule has 4 aromatic rings. The molecular formula is C23H15F5N4O2. The summed E-state index contributed by atoms with van der Waals surface area (Å²) in [7, 11) is 0. The molecule has 0 radical (unpaired) electrons. The predicted molar refractivity (Wildman–Crippen MR) is 115 cm³/mol. The van der Waals surface area contributed by atoms with Crippen LogP contribution in [-0.4, -0.2) is 21.4 Å². The third-order valence-corrected chi connectivity index (χ3v) is 4.82. The summed E-state index contributed by atoms with van der Waals surface area (Å²) in [5.41, 5.74) is -0.448. The third-order valence-electron chi connectivity index (χ3n) is 4.82. The lowest BCUT2D eigenvalue weighted by Crippen LogP contribution is -2.17. The number of aromatic nitrogens is 2. The number of nitrogens with one attached hydrogen (secondary N) is 2. The zero-order valence-electron chi connectivity index (χ0n) is 17.4. The summed E-state index contributed by atoms with van der Waals surface area (Å²) in [5, 5.41) is 4.79. The van der Waals surface area contributed by atoms with Crippen LogP contribution in [0.1, 0.15) is 23.1 Å². The Bertz CT molecular complexity index is 1430. The van der Waals surface area contributed by atoms with E-state index in [9.17, 15) is 31.5 Å². The first-order valence-electron chi connectivity index (χ1n) is 9.78. The van der Waals surface area contributed by atoms with Gasteiger partial charge in [-0.1, -0.05) is 18.2 Å². The summed E-state index contributed by atoms with van der Waals surface area (Å²) >= 11 is 0. The molecule has 3 aromatic carbocycles. The quantitative estimate of drug-likeness (QED) is 0.382. The maximum Gasteiger partial charge on any atom is 0.450 e. The van der Waals surface area contributed by atoms with Gasteiger partial charge < -0.3 is 10.6 Å². The lowest BCUT2D eigenvalue weighted by Gasteiger charge is -2.17. The molecule has 0 aliphatic carbocycles. The summed E-state index contributed by atoms with van der Waals surface area (Å²) in [6, 6.07) is 12.7. The Hall–Kier alpha value is -4.28. The highest BCUT2D eigenvalue weighted by Crippen LogP contribution is 2.36. The molecule has 0 saturated heterocycles. The van der Waals surface area contributed by atoms with Crippen LogP contribution in [0.2, 0.25) is 0 Å². The van der Waals surface area contributed by atoms with Gasteiger partial charge in [-0.2, -0.15) is 13.2 Å². The molecule has 0 bridgehead atoms. The Kier molecular flexibility index (Phi) is 5.78. The molecule has 34 heavy (non-hydrogen) atoms. The molecule has 2 amide bonds. The fraction of sp³-hybridized carbons (Fsp3) is 0.0870. The SMILES string of the molecule is CC(=O)Nc1cc(NC(=O)c2cccc(F)c2F)ccc1-n1c(C(F)(F)F)nc2ccccc21. The number of hydrogen-bond acceptors (Lipinski definition) is 3. The monoisotopic (exact) mass is 474 g/mol. The average Bonchev–Trinajstić information content (AvgIpc) is 3.15. The van der Waals surface area contributed by atoms with E-state index in [1.165, 1.54) is 30.3 Å². The Morgan fingerprint density at radius 3 is 2.38 bits per heavy atom. The Balaban J connectivity index is 1.82. The number of amides is 2. The van der Waals surface area contributed by atoms with Gasteiger partial charge in [0, 0.05) is 12.6 Å². The van der Waals surface area contributed by atoms with Crippen LogP contribution < -0.4 is 10.6 Å². The van der Waals surface area contributed by atoms with Crippen LogP contribution in [0.15, 0.2) is 60.7 Å². The zero-order valence-corrected chi connectivity index (χ0v) is 17.4. The fourth-order valence-corrected chi connectivity index (χ4v) is 3.44. The molecule has 174 valence electrons. The maximum atomic E-state index is 14.0. The average molecular weight is 474 g/mol. The molecule has 4 rings (SSSR count). The highest BCUT2D eigenvalue weighted by atomic mass is 19.4. The van der Waals surface area contributed by atoms with Crippen molar-refractivity contribution in [2.24, 2.45) is 0 Å². The first-order valence-corrected chi connectivity index (χ1v) is 9.78. The number of carbonyl (C=O) groups excluding carboxylic acids is 2. The predicted octanol–water partition coefficient (Wildman–Crippen LogP) is 5.53. The van der Waals surface area contributed by atoms with E-state index in [4.69, 9.17) is 0 Å². The molecule has 0 spiro atoms. The van der Waals surface area contributed by atoms with Crippen LogP contribution in [-0.2, 0) is 11.0 Å². The van der Waals surface area contributed by atoms with Crippen molar-refractivity contribution >= 4 is 34.2 Å². The van der Waals surface area contributed by atoms with E-state index in [0.29, 0.717) is 0 Å². The van der Waals surface area contributed by atoms with Crippen LogP contribution >= 0.6 is 0 Å². The second-order valence-electron chi connectivity index (χ2n) is 7.23. The van der Waals surface area contributed by atoms with E-state index in [1.807, 2.05) is 0 Å². The van der Waals surface area contributed by atoms with E-state index < -0.39 is 41.0 Å². The minimum absolute atomic E-state index is 0.0270. The van der Waals surface area contributed by atoms with Gasteiger partial charge in [-0.15, -0.1) is 0 Å². The Morgan fingerprint density at radius 2 is 1.68 bits per heavy atom. The number of fused-ring (bicyclic) bond motifs is 1. The number of nitrogens with zero attached hydrogens (tertiary/aromatic N) is 2. The van der Waals surface area contributed by atoms with Gasteiger partial charge in [-0.3, -0.25) is 14.2 Å². The Labute approximate surface area is 189 Å².